The summed E-state index contributed by atoms with van der Waals surface area (Å²) in [5.41, 5.74) is -1.30. The molecule has 1 aromatic rings. The molecule has 24 heavy (non-hydrogen) atoms. The Hall–Kier alpha value is -1.24. The topological polar surface area (TPSA) is 171 Å². The molecule has 10 heteroatoms. The normalized spacial score (nSPS) is 12.6. The maximum atomic E-state index is 9.23. The summed E-state index contributed by atoms with van der Waals surface area (Å²) < 4.78 is 0. The van der Waals surface area contributed by atoms with Crippen LogP contribution in [0.5, 0.6) is 0 Å². The lowest BCUT2D eigenvalue weighted by molar-refractivity contribution is 0.0405. The van der Waals surface area contributed by atoms with E-state index in [1.54, 1.807) is 0 Å². The molecule has 0 aromatic carbocycles. The lowest BCUT2D eigenvalue weighted by Crippen LogP contribution is -2.54. The number of aliphatic hydroxyl groups excluding tert-OH is 6. The molecule has 10 nitrogen and oxygen atoms in total. The standard InChI is InChI=1S/C14H26N4O6/c19-5-13(6-20,7-21)17-3-11-1-15-12(2-16-11)4-18-14(8-22,9-23)10-24/h1-2,17-24H,3-10H2. The van der Waals surface area contributed by atoms with E-state index in [1.165, 1.54) is 12.4 Å². The number of rotatable bonds is 12. The highest BCUT2D eigenvalue weighted by molar-refractivity contribution is 5.04. The van der Waals surface area contributed by atoms with Gasteiger partial charge in [0.15, 0.2) is 0 Å². The van der Waals surface area contributed by atoms with Crippen LogP contribution in [0.1, 0.15) is 11.4 Å². The minimum Gasteiger partial charge on any atom is -0.394 e. The van der Waals surface area contributed by atoms with Gasteiger partial charge >= 0.3 is 0 Å². The predicted molar refractivity (Wildman–Crippen MR) is 83.7 cm³/mol. The van der Waals surface area contributed by atoms with Crippen LogP contribution in [-0.2, 0) is 13.1 Å². The molecule has 0 aliphatic rings. The minimum absolute atomic E-state index is 0.191. The summed E-state index contributed by atoms with van der Waals surface area (Å²) in [4.78, 5) is 8.33. The van der Waals surface area contributed by atoms with Gasteiger partial charge in [0.25, 0.3) is 0 Å². The van der Waals surface area contributed by atoms with Crippen molar-refractivity contribution >= 4 is 0 Å². The van der Waals surface area contributed by atoms with Gasteiger partial charge in [0, 0.05) is 13.1 Å². The molecule has 0 atom stereocenters. The average molecular weight is 346 g/mol. The maximum Gasteiger partial charge on any atom is 0.0884 e. The van der Waals surface area contributed by atoms with Crippen molar-refractivity contribution < 1.29 is 30.6 Å². The third-order valence-corrected chi connectivity index (χ3v) is 3.86. The quantitative estimate of drug-likeness (QED) is 0.187. The van der Waals surface area contributed by atoms with Gasteiger partial charge in [-0.3, -0.25) is 20.6 Å². The van der Waals surface area contributed by atoms with Gasteiger partial charge in [-0.1, -0.05) is 0 Å². The Morgan fingerprint density at radius 2 is 0.917 bits per heavy atom. The Morgan fingerprint density at radius 1 is 0.625 bits per heavy atom. The second kappa shape index (κ2) is 9.91. The van der Waals surface area contributed by atoms with Crippen LogP contribution in [0, 0.1) is 0 Å². The Labute approximate surface area is 139 Å². The van der Waals surface area contributed by atoms with Gasteiger partial charge in [0.2, 0.25) is 0 Å². The maximum absolute atomic E-state index is 9.23. The van der Waals surface area contributed by atoms with E-state index in [9.17, 15) is 30.6 Å². The van der Waals surface area contributed by atoms with Crippen molar-refractivity contribution in [2.24, 2.45) is 0 Å². The van der Waals surface area contributed by atoms with Crippen LogP contribution >= 0.6 is 0 Å². The molecule has 1 heterocycles. The van der Waals surface area contributed by atoms with Crippen molar-refractivity contribution in [3.8, 4) is 0 Å². The monoisotopic (exact) mass is 346 g/mol. The lowest BCUT2D eigenvalue weighted by Gasteiger charge is -2.29. The molecule has 8 N–H and O–H groups in total. The molecule has 0 fully saturated rings. The van der Waals surface area contributed by atoms with E-state index < -0.39 is 50.7 Å². The number of hydrogen-bond acceptors (Lipinski definition) is 10. The first kappa shape index (κ1) is 20.8. The van der Waals surface area contributed by atoms with E-state index in [1.807, 2.05) is 0 Å². The zero-order valence-electron chi connectivity index (χ0n) is 13.4. The SMILES string of the molecule is OCC(CO)(CO)NCc1cnc(CNC(CO)(CO)CO)cn1. The molecule has 1 aromatic heterocycles. The van der Waals surface area contributed by atoms with Gasteiger partial charge in [0.1, 0.15) is 0 Å². The fourth-order valence-electron chi connectivity index (χ4n) is 1.76. The highest BCUT2D eigenvalue weighted by Crippen LogP contribution is 2.06. The van der Waals surface area contributed by atoms with Gasteiger partial charge in [-0.25, -0.2) is 0 Å². The number of nitrogens with one attached hydrogen (secondary N) is 2. The van der Waals surface area contributed by atoms with Crippen molar-refractivity contribution in [1.29, 1.82) is 0 Å². The molecule has 0 saturated carbocycles. The minimum atomic E-state index is -1.19. The molecule has 0 radical (unpaired) electrons. The molecule has 0 unspecified atom stereocenters. The number of hydrogen-bond donors (Lipinski definition) is 8. The summed E-state index contributed by atoms with van der Waals surface area (Å²) in [7, 11) is 0. The second-order valence-electron chi connectivity index (χ2n) is 5.72. The van der Waals surface area contributed by atoms with Crippen LogP contribution in [0.3, 0.4) is 0 Å². The molecular weight excluding hydrogens is 320 g/mol. The smallest absolute Gasteiger partial charge is 0.0884 e. The Bertz CT molecular complexity index is 405. The van der Waals surface area contributed by atoms with E-state index >= 15 is 0 Å². The highest BCUT2D eigenvalue weighted by Gasteiger charge is 2.28. The van der Waals surface area contributed by atoms with Gasteiger partial charge < -0.3 is 30.6 Å². The summed E-state index contributed by atoms with van der Waals surface area (Å²) >= 11 is 0. The van der Waals surface area contributed by atoms with Crippen LogP contribution in [0.25, 0.3) is 0 Å². The summed E-state index contributed by atoms with van der Waals surface area (Å²) in [6.45, 7) is -2.20. The first-order chi connectivity index (χ1) is 11.5. The van der Waals surface area contributed by atoms with Crippen molar-refractivity contribution in [1.82, 2.24) is 20.6 Å². The Kier molecular flexibility index (Phi) is 8.59. The van der Waals surface area contributed by atoms with Gasteiger partial charge in [-0.05, 0) is 0 Å². The number of nitrogens with zero attached hydrogens (tertiary/aromatic N) is 2. The highest BCUT2D eigenvalue weighted by atomic mass is 16.3. The van der Waals surface area contributed by atoms with Crippen LogP contribution in [0.4, 0.5) is 0 Å². The van der Waals surface area contributed by atoms with Crippen LogP contribution in [-0.4, -0.2) is 91.3 Å². The Balaban J connectivity index is 2.60. The molecule has 1 rings (SSSR count). The predicted octanol–water partition coefficient (Wildman–Crippen LogP) is -3.91. The molecule has 0 amide bonds. The first-order valence-electron chi connectivity index (χ1n) is 7.47. The summed E-state index contributed by atoms with van der Waals surface area (Å²) in [6.07, 6.45) is 2.97. The van der Waals surface area contributed by atoms with Gasteiger partial charge in [-0.2, -0.15) is 0 Å². The van der Waals surface area contributed by atoms with E-state index in [0.717, 1.165) is 0 Å². The average Bonchev–Trinajstić information content (AvgIpc) is 2.66. The Morgan fingerprint density at radius 3 is 1.12 bits per heavy atom. The van der Waals surface area contributed by atoms with Gasteiger partial charge in [0.05, 0.1) is 74.5 Å². The van der Waals surface area contributed by atoms with E-state index in [0.29, 0.717) is 11.4 Å². The number of aromatic nitrogens is 2. The third kappa shape index (κ3) is 5.40. The fraction of sp³-hybridized carbons (Fsp3) is 0.714. The van der Waals surface area contributed by atoms with Crippen molar-refractivity contribution in [2.45, 2.75) is 24.2 Å². The molecular formula is C14H26N4O6. The van der Waals surface area contributed by atoms with E-state index in [4.69, 9.17) is 0 Å². The first-order valence-corrected chi connectivity index (χ1v) is 7.47. The molecule has 0 spiro atoms. The van der Waals surface area contributed by atoms with E-state index in [2.05, 4.69) is 20.6 Å². The van der Waals surface area contributed by atoms with Gasteiger partial charge in [-0.15, -0.1) is 0 Å². The summed E-state index contributed by atoms with van der Waals surface area (Å²) in [5.74, 6) is 0. The van der Waals surface area contributed by atoms with Crippen LogP contribution < -0.4 is 10.6 Å². The largest absolute Gasteiger partial charge is 0.394 e. The van der Waals surface area contributed by atoms with Crippen molar-refractivity contribution in [2.75, 3.05) is 39.6 Å². The summed E-state index contributed by atoms with van der Waals surface area (Å²) in [6, 6.07) is 0. The fourth-order valence-corrected chi connectivity index (χ4v) is 1.76. The summed E-state index contributed by atoms with van der Waals surface area (Å²) in [5, 5.41) is 61.0. The van der Waals surface area contributed by atoms with Crippen molar-refractivity contribution in [3.05, 3.63) is 23.8 Å². The molecule has 0 bridgehead atoms. The number of aliphatic hydroxyl groups is 6. The molecule has 0 saturated heterocycles. The second-order valence-corrected chi connectivity index (χ2v) is 5.72. The molecule has 0 aliphatic heterocycles. The van der Waals surface area contributed by atoms with Crippen LogP contribution in [0.2, 0.25) is 0 Å². The van der Waals surface area contributed by atoms with Crippen LogP contribution in [0.15, 0.2) is 12.4 Å². The molecule has 0 aliphatic carbocycles. The zero-order valence-corrected chi connectivity index (χ0v) is 13.4. The molecule has 138 valence electrons. The zero-order chi connectivity index (χ0) is 18.1. The van der Waals surface area contributed by atoms with Crippen molar-refractivity contribution in [3.63, 3.8) is 0 Å². The van der Waals surface area contributed by atoms with E-state index in [-0.39, 0.29) is 13.1 Å². The lowest BCUT2D eigenvalue weighted by atomic mass is 10.0. The third-order valence-electron chi connectivity index (χ3n) is 3.86.